The molecule has 3 aromatic carbocycles. The largest absolute Gasteiger partial charge is 0.463 e. The van der Waals surface area contributed by atoms with Gasteiger partial charge in [-0.3, -0.25) is 4.79 Å². The molecule has 0 saturated heterocycles. The van der Waals surface area contributed by atoms with E-state index in [9.17, 15) is 9.18 Å². The maximum atomic E-state index is 13.7. The summed E-state index contributed by atoms with van der Waals surface area (Å²) >= 11 is 5.86. The van der Waals surface area contributed by atoms with Crippen molar-refractivity contribution in [2.45, 2.75) is 6.92 Å². The number of anilines is 1. The van der Waals surface area contributed by atoms with Crippen LogP contribution in [-0.2, 0) is 0 Å². The molecule has 31 heavy (non-hydrogen) atoms. The van der Waals surface area contributed by atoms with Crippen molar-refractivity contribution in [1.82, 2.24) is 14.8 Å². The highest BCUT2D eigenvalue weighted by molar-refractivity contribution is 6.30. The molecular formula is C23H18ClFN4O2. The third-order valence-electron chi connectivity index (χ3n) is 4.42. The van der Waals surface area contributed by atoms with Crippen LogP contribution < -0.4 is 10.1 Å². The van der Waals surface area contributed by atoms with Crippen LogP contribution in [0, 0.1) is 5.82 Å². The van der Waals surface area contributed by atoms with E-state index in [-0.39, 0.29) is 17.7 Å². The number of ether oxygens (including phenoxy) is 1. The quantitative estimate of drug-likeness (QED) is 0.440. The number of rotatable bonds is 6. The van der Waals surface area contributed by atoms with E-state index < -0.39 is 0 Å². The minimum Gasteiger partial charge on any atom is -0.463 e. The van der Waals surface area contributed by atoms with E-state index in [0.717, 1.165) is 0 Å². The van der Waals surface area contributed by atoms with Crippen LogP contribution in [-0.4, -0.2) is 27.3 Å². The summed E-state index contributed by atoms with van der Waals surface area (Å²) in [7, 11) is 0. The van der Waals surface area contributed by atoms with Gasteiger partial charge in [0.15, 0.2) is 5.82 Å². The molecule has 1 aromatic heterocycles. The number of carbonyl (C=O) groups is 1. The normalized spacial score (nSPS) is 10.7. The molecule has 156 valence electrons. The van der Waals surface area contributed by atoms with Gasteiger partial charge in [-0.25, -0.2) is 9.07 Å². The van der Waals surface area contributed by atoms with Crippen LogP contribution in [0.2, 0.25) is 5.02 Å². The Hall–Kier alpha value is -3.71. The first-order valence-electron chi connectivity index (χ1n) is 9.56. The van der Waals surface area contributed by atoms with E-state index in [1.54, 1.807) is 65.3 Å². The van der Waals surface area contributed by atoms with Gasteiger partial charge >= 0.3 is 6.01 Å². The van der Waals surface area contributed by atoms with Gasteiger partial charge in [0.1, 0.15) is 5.82 Å². The number of benzene rings is 3. The summed E-state index contributed by atoms with van der Waals surface area (Å²) in [6.45, 7) is 2.24. The van der Waals surface area contributed by atoms with Crippen molar-refractivity contribution in [3.05, 3.63) is 89.2 Å². The lowest BCUT2D eigenvalue weighted by Crippen LogP contribution is -2.11. The Balaban J connectivity index is 1.61. The molecule has 1 amide bonds. The van der Waals surface area contributed by atoms with Gasteiger partial charge in [-0.05, 0) is 67.6 Å². The zero-order valence-electron chi connectivity index (χ0n) is 16.5. The highest BCUT2D eigenvalue weighted by Gasteiger charge is 2.15. The first-order chi connectivity index (χ1) is 15.0. The summed E-state index contributed by atoms with van der Waals surface area (Å²) in [6.07, 6.45) is 0. The Morgan fingerprint density at radius 3 is 2.52 bits per heavy atom. The summed E-state index contributed by atoms with van der Waals surface area (Å²) in [5.74, 6) is -0.171. The lowest BCUT2D eigenvalue weighted by atomic mass is 10.2. The Morgan fingerprint density at radius 1 is 1.10 bits per heavy atom. The van der Waals surface area contributed by atoms with E-state index in [0.29, 0.717) is 40.0 Å². The van der Waals surface area contributed by atoms with Crippen LogP contribution in [0.3, 0.4) is 0 Å². The van der Waals surface area contributed by atoms with Gasteiger partial charge in [-0.1, -0.05) is 23.7 Å². The molecule has 0 spiro atoms. The van der Waals surface area contributed by atoms with Crippen LogP contribution in [0.4, 0.5) is 10.1 Å². The predicted molar refractivity (Wildman–Crippen MR) is 117 cm³/mol. The highest BCUT2D eigenvalue weighted by atomic mass is 35.5. The number of nitrogens with zero attached hydrogens (tertiary/aromatic N) is 3. The molecule has 0 atom stereocenters. The van der Waals surface area contributed by atoms with Crippen molar-refractivity contribution in [1.29, 1.82) is 0 Å². The third kappa shape index (κ3) is 4.73. The van der Waals surface area contributed by atoms with E-state index in [1.165, 1.54) is 12.1 Å². The molecule has 1 N–H and O–H groups in total. The summed E-state index contributed by atoms with van der Waals surface area (Å²) in [5, 5.41) is 7.78. The average molecular weight is 437 g/mol. The number of nitrogens with one attached hydrogen (secondary N) is 1. The maximum absolute atomic E-state index is 13.7. The van der Waals surface area contributed by atoms with Crippen LogP contribution in [0.5, 0.6) is 6.01 Å². The van der Waals surface area contributed by atoms with Gasteiger partial charge < -0.3 is 10.1 Å². The van der Waals surface area contributed by atoms with Crippen molar-refractivity contribution in [3.63, 3.8) is 0 Å². The van der Waals surface area contributed by atoms with Crippen molar-refractivity contribution < 1.29 is 13.9 Å². The van der Waals surface area contributed by atoms with Crippen molar-refractivity contribution in [3.8, 4) is 23.1 Å². The molecule has 4 aromatic rings. The molecule has 0 unspecified atom stereocenters. The second kappa shape index (κ2) is 8.97. The van der Waals surface area contributed by atoms with Gasteiger partial charge in [0.05, 0.1) is 12.3 Å². The van der Waals surface area contributed by atoms with Crippen molar-refractivity contribution >= 4 is 23.2 Å². The summed E-state index contributed by atoms with van der Waals surface area (Å²) in [4.78, 5) is 16.8. The lowest BCUT2D eigenvalue weighted by Gasteiger charge is -2.09. The van der Waals surface area contributed by atoms with E-state index in [4.69, 9.17) is 16.3 Å². The average Bonchev–Trinajstić information content (AvgIpc) is 3.19. The molecule has 0 saturated carbocycles. The first-order valence-corrected chi connectivity index (χ1v) is 9.94. The zero-order chi connectivity index (χ0) is 21.8. The number of halogens is 2. The second-order valence-electron chi connectivity index (χ2n) is 6.58. The van der Waals surface area contributed by atoms with Gasteiger partial charge in [-0.15, -0.1) is 5.10 Å². The molecule has 0 bridgehead atoms. The smallest absolute Gasteiger partial charge is 0.336 e. The number of carbonyl (C=O) groups excluding carboxylic acids is 1. The number of amides is 1. The van der Waals surface area contributed by atoms with E-state index >= 15 is 0 Å². The van der Waals surface area contributed by atoms with Gasteiger partial charge in [0.2, 0.25) is 0 Å². The summed E-state index contributed by atoms with van der Waals surface area (Å²) in [6, 6.07) is 20.0. The fourth-order valence-corrected chi connectivity index (χ4v) is 3.09. The van der Waals surface area contributed by atoms with Crippen LogP contribution in [0.1, 0.15) is 17.3 Å². The molecule has 8 heteroatoms. The van der Waals surface area contributed by atoms with Gasteiger partial charge in [-0.2, -0.15) is 4.98 Å². The monoisotopic (exact) mass is 436 g/mol. The summed E-state index contributed by atoms with van der Waals surface area (Å²) in [5.41, 5.74) is 2.36. The standard InChI is InChI=1S/C23H18ClFN4O2/c1-2-31-23-27-21(16-4-3-5-18(25)14-16)29(28-23)20-12-10-19(11-13-20)26-22(30)15-6-8-17(24)9-7-15/h3-14H,2H2,1H3,(H,26,30). The minimum absolute atomic E-state index is 0.196. The topological polar surface area (TPSA) is 69.0 Å². The number of aromatic nitrogens is 3. The van der Waals surface area contributed by atoms with E-state index in [1.807, 2.05) is 6.92 Å². The molecule has 6 nitrogen and oxygen atoms in total. The second-order valence-corrected chi connectivity index (χ2v) is 7.02. The molecule has 0 aliphatic rings. The van der Waals surface area contributed by atoms with E-state index in [2.05, 4.69) is 15.4 Å². The molecule has 1 heterocycles. The Kier molecular flexibility index (Phi) is 5.95. The number of hydrogen-bond acceptors (Lipinski definition) is 4. The minimum atomic E-state index is -0.370. The first kappa shape index (κ1) is 20.6. The van der Waals surface area contributed by atoms with Crippen molar-refractivity contribution in [2.75, 3.05) is 11.9 Å². The predicted octanol–water partition coefficient (Wildman–Crippen LogP) is 5.38. The highest BCUT2D eigenvalue weighted by Crippen LogP contribution is 2.25. The summed E-state index contributed by atoms with van der Waals surface area (Å²) < 4.78 is 20.7. The molecular weight excluding hydrogens is 419 g/mol. The molecule has 0 radical (unpaired) electrons. The Bertz CT molecular complexity index is 1210. The molecule has 4 rings (SSSR count). The third-order valence-corrected chi connectivity index (χ3v) is 4.67. The van der Waals surface area contributed by atoms with Crippen molar-refractivity contribution in [2.24, 2.45) is 0 Å². The lowest BCUT2D eigenvalue weighted by molar-refractivity contribution is 0.102. The number of hydrogen-bond donors (Lipinski definition) is 1. The van der Waals surface area contributed by atoms with Gasteiger partial charge in [0, 0.05) is 21.8 Å². The Labute approximate surface area is 183 Å². The fraction of sp³-hybridized carbons (Fsp3) is 0.0870. The van der Waals surface area contributed by atoms with Crippen LogP contribution >= 0.6 is 11.6 Å². The van der Waals surface area contributed by atoms with Gasteiger partial charge in [0.25, 0.3) is 5.91 Å². The zero-order valence-corrected chi connectivity index (χ0v) is 17.3. The SMILES string of the molecule is CCOc1nc(-c2cccc(F)c2)n(-c2ccc(NC(=O)c3ccc(Cl)cc3)cc2)n1. The maximum Gasteiger partial charge on any atom is 0.336 e. The Morgan fingerprint density at radius 2 is 1.84 bits per heavy atom. The molecule has 0 fully saturated rings. The molecule has 0 aliphatic heterocycles. The van der Waals surface area contributed by atoms with Crippen LogP contribution in [0.25, 0.3) is 17.1 Å². The molecule has 0 aliphatic carbocycles. The fourth-order valence-electron chi connectivity index (χ4n) is 2.97. The van der Waals surface area contributed by atoms with Crippen LogP contribution in [0.15, 0.2) is 72.8 Å².